The van der Waals surface area contributed by atoms with Gasteiger partial charge in [-0.25, -0.2) is 0 Å². The summed E-state index contributed by atoms with van der Waals surface area (Å²) in [6.45, 7) is 7.15. The predicted molar refractivity (Wildman–Crippen MR) is 116 cm³/mol. The van der Waals surface area contributed by atoms with E-state index in [-0.39, 0.29) is 5.91 Å². The van der Waals surface area contributed by atoms with Crippen molar-refractivity contribution in [2.24, 2.45) is 5.92 Å². The normalized spacial score (nSPS) is 23.4. The van der Waals surface area contributed by atoms with Crippen molar-refractivity contribution in [2.45, 2.75) is 51.5 Å². The van der Waals surface area contributed by atoms with Gasteiger partial charge in [0.15, 0.2) is 11.4 Å². The third kappa shape index (κ3) is 5.04. The second-order valence-electron chi connectivity index (χ2n) is 8.40. The summed E-state index contributed by atoms with van der Waals surface area (Å²) in [7, 11) is 0. The summed E-state index contributed by atoms with van der Waals surface area (Å²) < 4.78 is 5.46. The van der Waals surface area contributed by atoms with Crippen LogP contribution in [0.5, 0.6) is 0 Å². The molecule has 1 saturated heterocycles. The van der Waals surface area contributed by atoms with Crippen LogP contribution in [0.3, 0.4) is 0 Å². The first-order chi connectivity index (χ1) is 14.1. The van der Waals surface area contributed by atoms with Crippen LogP contribution in [0.2, 0.25) is 5.02 Å². The molecule has 1 aromatic carbocycles. The molecule has 4 rings (SSSR count). The molecule has 0 unspecified atom stereocenters. The second-order valence-corrected chi connectivity index (χ2v) is 8.84. The predicted octanol–water partition coefficient (Wildman–Crippen LogP) is 4.08. The minimum absolute atomic E-state index is 0.189. The number of amides is 1. The Kier molecular flexibility index (Phi) is 6.60. The minimum Gasteiger partial charge on any atom is -0.354 e. The second kappa shape index (κ2) is 9.35. The highest BCUT2D eigenvalue weighted by Gasteiger charge is 2.25. The van der Waals surface area contributed by atoms with Gasteiger partial charge in [-0.15, -0.1) is 0 Å². The molecule has 2 heterocycles. The van der Waals surface area contributed by atoms with Gasteiger partial charge in [-0.3, -0.25) is 9.69 Å². The number of hydrogen-bond acceptors (Lipinski definition) is 5. The lowest BCUT2D eigenvalue weighted by molar-refractivity contribution is -0.121. The Morgan fingerprint density at radius 1 is 1.21 bits per heavy atom. The van der Waals surface area contributed by atoms with E-state index in [9.17, 15) is 4.79 Å². The molecule has 7 heteroatoms. The molecule has 1 saturated carbocycles. The smallest absolute Gasteiger partial charge is 0.219 e. The monoisotopic (exact) mass is 418 g/mol. The van der Waals surface area contributed by atoms with Crippen molar-refractivity contribution >= 4 is 34.3 Å². The minimum atomic E-state index is 0.189. The molecule has 0 radical (unpaired) electrons. The summed E-state index contributed by atoms with van der Waals surface area (Å²) in [6.07, 6.45) is 6.59. The number of halogens is 1. The Bertz CT molecular complexity index is 823. The highest BCUT2D eigenvalue weighted by atomic mass is 35.5. The lowest BCUT2D eigenvalue weighted by Gasteiger charge is -2.36. The van der Waals surface area contributed by atoms with Gasteiger partial charge in [-0.05, 0) is 56.7 Å². The van der Waals surface area contributed by atoms with Gasteiger partial charge in [-0.1, -0.05) is 23.7 Å². The molecule has 158 valence electrons. The summed E-state index contributed by atoms with van der Waals surface area (Å²) in [5, 5.41) is 9.14. The average molecular weight is 419 g/mol. The van der Waals surface area contributed by atoms with Crippen LogP contribution in [0.25, 0.3) is 11.0 Å². The van der Waals surface area contributed by atoms with E-state index in [1.54, 1.807) is 0 Å². The lowest BCUT2D eigenvalue weighted by Crippen LogP contribution is -2.47. The van der Waals surface area contributed by atoms with Crippen LogP contribution in [-0.2, 0) is 4.79 Å². The van der Waals surface area contributed by atoms with E-state index in [4.69, 9.17) is 16.1 Å². The molecule has 1 N–H and O–H groups in total. The molecule has 2 aromatic rings. The maximum absolute atomic E-state index is 11.6. The maximum atomic E-state index is 11.6. The molecule has 2 aliphatic rings. The zero-order valence-corrected chi connectivity index (χ0v) is 18.0. The van der Waals surface area contributed by atoms with Gasteiger partial charge in [0.05, 0.1) is 5.39 Å². The number of piperazine rings is 1. The van der Waals surface area contributed by atoms with Crippen LogP contribution in [-0.4, -0.2) is 54.7 Å². The number of carbonyl (C=O) groups excluding carboxylic acids is 1. The van der Waals surface area contributed by atoms with Gasteiger partial charge in [0.25, 0.3) is 0 Å². The van der Waals surface area contributed by atoms with Gasteiger partial charge >= 0.3 is 0 Å². The summed E-state index contributed by atoms with van der Waals surface area (Å²) >= 11 is 6.04. The number of benzene rings is 1. The Morgan fingerprint density at radius 3 is 2.69 bits per heavy atom. The van der Waals surface area contributed by atoms with Crippen LogP contribution in [0.15, 0.2) is 22.7 Å². The highest BCUT2D eigenvalue weighted by Crippen LogP contribution is 2.30. The number of fused-ring (bicyclic) bond motifs is 1. The topological polar surface area (TPSA) is 61.6 Å². The fourth-order valence-electron chi connectivity index (χ4n) is 4.60. The third-order valence-corrected chi connectivity index (χ3v) is 6.71. The first-order valence-electron chi connectivity index (χ1n) is 10.9. The standard InChI is InChI=1S/C22H31ClN4O2/c1-2-21(28)24-18-6-3-16(4-7-18)9-10-26-11-13-27(14-12-26)22-19-8-5-17(23)15-20(19)29-25-22/h5,8,15-16,18H,2-4,6-7,9-14H2,1H3,(H,24,28). The van der Waals surface area contributed by atoms with Crippen LogP contribution in [0.1, 0.15) is 45.4 Å². The van der Waals surface area contributed by atoms with Gasteiger partial charge in [0, 0.05) is 49.7 Å². The van der Waals surface area contributed by atoms with Crippen LogP contribution in [0, 0.1) is 5.92 Å². The quantitative estimate of drug-likeness (QED) is 0.765. The van der Waals surface area contributed by atoms with Crippen LogP contribution in [0.4, 0.5) is 5.82 Å². The van der Waals surface area contributed by atoms with Crippen LogP contribution < -0.4 is 10.2 Å². The Labute approximate surface area is 177 Å². The van der Waals surface area contributed by atoms with Crippen molar-refractivity contribution in [1.29, 1.82) is 0 Å². The molecule has 1 aliphatic heterocycles. The first-order valence-corrected chi connectivity index (χ1v) is 11.3. The lowest BCUT2D eigenvalue weighted by atomic mass is 9.84. The molecule has 0 bridgehead atoms. The van der Waals surface area contributed by atoms with Crippen molar-refractivity contribution in [3.8, 4) is 0 Å². The van der Waals surface area contributed by atoms with E-state index in [0.29, 0.717) is 17.5 Å². The molecule has 2 fully saturated rings. The van der Waals surface area contributed by atoms with Crippen molar-refractivity contribution in [3.05, 3.63) is 23.2 Å². The van der Waals surface area contributed by atoms with Crippen LogP contribution >= 0.6 is 11.6 Å². The first kappa shape index (κ1) is 20.5. The Morgan fingerprint density at radius 2 is 1.97 bits per heavy atom. The van der Waals surface area contributed by atoms with E-state index < -0.39 is 0 Å². The molecular formula is C22H31ClN4O2. The zero-order chi connectivity index (χ0) is 20.2. The molecule has 0 spiro atoms. The molecule has 1 aromatic heterocycles. The summed E-state index contributed by atoms with van der Waals surface area (Å²) in [5.74, 6) is 1.92. The number of hydrogen-bond donors (Lipinski definition) is 1. The van der Waals surface area contributed by atoms with Gasteiger partial charge in [-0.2, -0.15) is 0 Å². The summed E-state index contributed by atoms with van der Waals surface area (Å²) in [4.78, 5) is 16.4. The average Bonchev–Trinajstić information content (AvgIpc) is 3.16. The van der Waals surface area contributed by atoms with Crippen molar-refractivity contribution in [3.63, 3.8) is 0 Å². The molecule has 6 nitrogen and oxygen atoms in total. The molecule has 29 heavy (non-hydrogen) atoms. The number of nitrogens with one attached hydrogen (secondary N) is 1. The fourth-order valence-corrected chi connectivity index (χ4v) is 4.76. The zero-order valence-electron chi connectivity index (χ0n) is 17.2. The molecule has 0 atom stereocenters. The Balaban J connectivity index is 1.20. The fraction of sp³-hybridized carbons (Fsp3) is 0.636. The number of carbonyl (C=O) groups is 1. The largest absolute Gasteiger partial charge is 0.354 e. The van der Waals surface area contributed by atoms with E-state index in [2.05, 4.69) is 20.3 Å². The molecule has 1 amide bonds. The van der Waals surface area contributed by atoms with E-state index in [0.717, 1.165) is 61.7 Å². The van der Waals surface area contributed by atoms with Crippen molar-refractivity contribution < 1.29 is 9.32 Å². The summed E-state index contributed by atoms with van der Waals surface area (Å²) in [6, 6.07) is 6.11. The van der Waals surface area contributed by atoms with Gasteiger partial charge in [0.1, 0.15) is 0 Å². The van der Waals surface area contributed by atoms with Gasteiger partial charge in [0.2, 0.25) is 5.91 Å². The van der Waals surface area contributed by atoms with Gasteiger partial charge < -0.3 is 14.7 Å². The van der Waals surface area contributed by atoms with Crippen molar-refractivity contribution in [1.82, 2.24) is 15.4 Å². The number of anilines is 1. The third-order valence-electron chi connectivity index (χ3n) is 6.47. The van der Waals surface area contributed by atoms with E-state index in [1.165, 1.54) is 25.8 Å². The summed E-state index contributed by atoms with van der Waals surface area (Å²) in [5.41, 5.74) is 0.751. The van der Waals surface area contributed by atoms with E-state index in [1.807, 2.05) is 25.1 Å². The highest BCUT2D eigenvalue weighted by molar-refractivity contribution is 6.31. The molecule has 1 aliphatic carbocycles. The number of nitrogens with zero attached hydrogens (tertiary/aromatic N) is 3. The Hall–Kier alpha value is -1.79. The maximum Gasteiger partial charge on any atom is 0.219 e. The van der Waals surface area contributed by atoms with E-state index >= 15 is 0 Å². The molecular weight excluding hydrogens is 388 g/mol. The number of rotatable bonds is 6. The van der Waals surface area contributed by atoms with Crippen molar-refractivity contribution in [2.75, 3.05) is 37.6 Å². The number of aromatic nitrogens is 1. The SMILES string of the molecule is CCC(=O)NC1CCC(CCN2CCN(c3noc4cc(Cl)ccc34)CC2)CC1.